The standard InChI is InChI=1S/C23H25ClN4O6S/c1-12(11-19(29)30)20-17(24)9-10-18(25-20)35(32,33)28-21(22-26-27-23(31)34-22)13(2)15-7-3-5-14-6-4-8-16(14)15/h3,5,7,9-10,12-13,21,28H,4,6,8,11H2,1-2H3,(H,27,31)(H,29,30)/t12?,13-,21+/m1/s1. The van der Waals surface area contributed by atoms with Crippen molar-refractivity contribution in [2.45, 2.75) is 62.4 Å². The maximum absolute atomic E-state index is 13.4. The molecule has 0 spiro atoms. The number of rotatable bonds is 9. The molecule has 2 heterocycles. The number of aromatic amines is 1. The van der Waals surface area contributed by atoms with Gasteiger partial charge in [0.15, 0.2) is 5.03 Å². The van der Waals surface area contributed by atoms with Gasteiger partial charge < -0.3 is 9.52 Å². The Morgan fingerprint density at radius 3 is 2.71 bits per heavy atom. The fourth-order valence-electron chi connectivity index (χ4n) is 4.52. The molecule has 0 bridgehead atoms. The van der Waals surface area contributed by atoms with E-state index in [4.69, 9.17) is 21.1 Å². The van der Waals surface area contributed by atoms with E-state index in [0.717, 1.165) is 30.4 Å². The highest BCUT2D eigenvalue weighted by Crippen LogP contribution is 2.37. The average Bonchev–Trinajstić information content (AvgIpc) is 3.45. The highest BCUT2D eigenvalue weighted by atomic mass is 35.5. The van der Waals surface area contributed by atoms with Crippen molar-refractivity contribution in [2.24, 2.45) is 0 Å². The van der Waals surface area contributed by atoms with Gasteiger partial charge in [0, 0.05) is 11.8 Å². The molecule has 12 heteroatoms. The number of nitrogens with one attached hydrogen (secondary N) is 2. The topological polar surface area (TPSA) is 155 Å². The van der Waals surface area contributed by atoms with Crippen LogP contribution in [0.15, 0.2) is 44.6 Å². The predicted molar refractivity (Wildman–Crippen MR) is 127 cm³/mol. The van der Waals surface area contributed by atoms with E-state index in [1.807, 2.05) is 19.1 Å². The molecular formula is C23H25ClN4O6S. The molecule has 0 amide bonds. The number of hydrogen-bond acceptors (Lipinski definition) is 7. The van der Waals surface area contributed by atoms with Gasteiger partial charge in [-0.3, -0.25) is 4.79 Å². The Hall–Kier alpha value is -3.02. The Labute approximate surface area is 206 Å². The highest BCUT2D eigenvalue weighted by Gasteiger charge is 2.34. The molecule has 3 aromatic rings. The van der Waals surface area contributed by atoms with Gasteiger partial charge in [0.1, 0.15) is 6.04 Å². The second kappa shape index (κ2) is 9.92. The number of aliphatic carboxylic acids is 1. The lowest BCUT2D eigenvalue weighted by atomic mass is 9.88. The van der Waals surface area contributed by atoms with Crippen LogP contribution in [-0.4, -0.2) is 34.7 Å². The zero-order valence-corrected chi connectivity index (χ0v) is 20.7. The first-order valence-electron chi connectivity index (χ1n) is 11.1. The Morgan fingerprint density at radius 1 is 1.26 bits per heavy atom. The first kappa shape index (κ1) is 25.1. The van der Waals surface area contributed by atoms with Crippen LogP contribution in [0.5, 0.6) is 0 Å². The number of carbonyl (C=O) groups is 1. The van der Waals surface area contributed by atoms with Crippen LogP contribution in [-0.2, 0) is 27.7 Å². The maximum Gasteiger partial charge on any atom is 0.434 e. The SMILES string of the molecule is CC(CC(=O)O)c1nc(S(=O)(=O)N[C@H](c2n[nH]c(=O)o2)[C@H](C)c2cccc3c2CCC3)ccc1Cl. The van der Waals surface area contributed by atoms with Crippen LogP contribution in [0.3, 0.4) is 0 Å². The number of benzene rings is 1. The number of hydrogen-bond donors (Lipinski definition) is 3. The molecule has 0 fully saturated rings. The molecular weight excluding hydrogens is 496 g/mol. The van der Waals surface area contributed by atoms with E-state index in [1.54, 1.807) is 6.92 Å². The van der Waals surface area contributed by atoms with Crippen LogP contribution in [0.4, 0.5) is 0 Å². The molecule has 0 saturated heterocycles. The number of aromatic nitrogens is 3. The van der Waals surface area contributed by atoms with Gasteiger partial charge >= 0.3 is 11.7 Å². The molecule has 0 saturated carbocycles. The number of halogens is 1. The average molecular weight is 521 g/mol. The number of pyridine rings is 1. The van der Waals surface area contributed by atoms with E-state index in [0.29, 0.717) is 0 Å². The fourth-order valence-corrected chi connectivity index (χ4v) is 6.03. The molecule has 186 valence electrons. The molecule has 0 radical (unpaired) electrons. The summed E-state index contributed by atoms with van der Waals surface area (Å²) < 4.78 is 34.6. The number of H-pyrrole nitrogens is 1. The lowest BCUT2D eigenvalue weighted by molar-refractivity contribution is -0.137. The van der Waals surface area contributed by atoms with Crippen LogP contribution in [0.25, 0.3) is 0 Å². The molecule has 1 unspecified atom stereocenters. The zero-order valence-electron chi connectivity index (χ0n) is 19.1. The fraction of sp³-hybridized carbons (Fsp3) is 0.391. The summed E-state index contributed by atoms with van der Waals surface area (Å²) in [6.07, 6.45) is 2.58. The quantitative estimate of drug-likeness (QED) is 0.388. The molecule has 35 heavy (non-hydrogen) atoms. The summed E-state index contributed by atoms with van der Waals surface area (Å²) in [5, 5.41) is 15.0. The Morgan fingerprint density at radius 2 is 2.03 bits per heavy atom. The molecule has 1 aromatic carbocycles. The summed E-state index contributed by atoms with van der Waals surface area (Å²) in [4.78, 5) is 27.0. The summed E-state index contributed by atoms with van der Waals surface area (Å²) in [5.41, 5.74) is 3.49. The van der Waals surface area contributed by atoms with Crippen molar-refractivity contribution < 1.29 is 22.7 Å². The molecule has 1 aliphatic carbocycles. The molecule has 4 rings (SSSR count). The summed E-state index contributed by atoms with van der Waals surface area (Å²) in [6.45, 7) is 3.44. The van der Waals surface area contributed by atoms with Crippen LogP contribution in [0.1, 0.15) is 72.8 Å². The summed E-state index contributed by atoms with van der Waals surface area (Å²) >= 11 is 6.18. The summed E-state index contributed by atoms with van der Waals surface area (Å²) in [6, 6.07) is 7.53. The van der Waals surface area contributed by atoms with Gasteiger partial charge in [-0.05, 0) is 48.1 Å². The number of carboxylic acids is 1. The summed E-state index contributed by atoms with van der Waals surface area (Å²) in [5.74, 6) is -3.00. The first-order valence-corrected chi connectivity index (χ1v) is 13.0. The van der Waals surface area contributed by atoms with Gasteiger partial charge in [-0.1, -0.05) is 43.6 Å². The lowest BCUT2D eigenvalue weighted by Gasteiger charge is -2.24. The molecule has 3 N–H and O–H groups in total. The summed E-state index contributed by atoms with van der Waals surface area (Å²) in [7, 11) is -4.25. The second-order valence-corrected chi connectivity index (χ2v) is 10.8. The minimum absolute atomic E-state index is 0.102. The number of aryl methyl sites for hydroxylation is 1. The Bertz CT molecular complexity index is 1420. The predicted octanol–water partition coefficient (Wildman–Crippen LogP) is 3.30. The highest BCUT2D eigenvalue weighted by molar-refractivity contribution is 7.89. The van der Waals surface area contributed by atoms with Crippen LogP contribution in [0.2, 0.25) is 5.02 Å². The van der Waals surface area contributed by atoms with Gasteiger partial charge in [-0.15, -0.1) is 5.10 Å². The van der Waals surface area contributed by atoms with Crippen LogP contribution < -0.4 is 10.5 Å². The third-order valence-electron chi connectivity index (χ3n) is 6.25. The van der Waals surface area contributed by atoms with E-state index >= 15 is 0 Å². The number of nitrogens with zero attached hydrogens (tertiary/aromatic N) is 2. The number of carboxylic acid groups (broad SMARTS) is 1. The minimum Gasteiger partial charge on any atom is -0.481 e. The van der Waals surface area contributed by atoms with Gasteiger partial charge in [-0.25, -0.2) is 23.3 Å². The van der Waals surface area contributed by atoms with Gasteiger partial charge in [0.2, 0.25) is 5.89 Å². The van der Waals surface area contributed by atoms with E-state index in [1.165, 1.54) is 17.7 Å². The Balaban J connectivity index is 1.72. The molecule has 2 aromatic heterocycles. The minimum atomic E-state index is -4.25. The lowest BCUT2D eigenvalue weighted by Crippen LogP contribution is -2.33. The van der Waals surface area contributed by atoms with E-state index in [2.05, 4.69) is 26.0 Å². The van der Waals surface area contributed by atoms with E-state index in [9.17, 15) is 18.0 Å². The molecule has 3 atom stereocenters. The van der Waals surface area contributed by atoms with Gasteiger partial charge in [-0.2, -0.15) is 4.72 Å². The molecule has 1 aliphatic rings. The van der Waals surface area contributed by atoms with Gasteiger partial charge in [0.05, 0.1) is 17.1 Å². The Kier molecular flexibility index (Phi) is 7.11. The second-order valence-electron chi connectivity index (χ2n) is 8.69. The normalized spacial score (nSPS) is 16.0. The van der Waals surface area contributed by atoms with Crippen LogP contribution >= 0.6 is 11.6 Å². The number of sulfonamides is 1. The van der Waals surface area contributed by atoms with Crippen LogP contribution in [0, 0.1) is 0 Å². The van der Waals surface area contributed by atoms with Crippen molar-refractivity contribution in [1.82, 2.24) is 19.9 Å². The monoisotopic (exact) mass is 520 g/mol. The molecule has 10 nitrogen and oxygen atoms in total. The largest absolute Gasteiger partial charge is 0.481 e. The van der Waals surface area contributed by atoms with Crippen molar-refractivity contribution in [2.75, 3.05) is 0 Å². The van der Waals surface area contributed by atoms with E-state index < -0.39 is 39.6 Å². The zero-order chi connectivity index (χ0) is 25.3. The van der Waals surface area contributed by atoms with Gasteiger partial charge in [0.25, 0.3) is 10.0 Å². The van der Waals surface area contributed by atoms with Crippen molar-refractivity contribution >= 4 is 27.6 Å². The van der Waals surface area contributed by atoms with Crippen molar-refractivity contribution in [3.63, 3.8) is 0 Å². The maximum atomic E-state index is 13.4. The third kappa shape index (κ3) is 5.31. The van der Waals surface area contributed by atoms with E-state index in [-0.39, 0.29) is 28.1 Å². The number of fused-ring (bicyclic) bond motifs is 1. The smallest absolute Gasteiger partial charge is 0.434 e. The van der Waals surface area contributed by atoms with Crippen molar-refractivity contribution in [1.29, 1.82) is 0 Å². The third-order valence-corrected chi connectivity index (χ3v) is 7.91. The van der Waals surface area contributed by atoms with Crippen molar-refractivity contribution in [3.05, 3.63) is 74.2 Å². The van der Waals surface area contributed by atoms with Crippen molar-refractivity contribution in [3.8, 4) is 0 Å². The first-order chi connectivity index (χ1) is 16.6. The molecule has 0 aliphatic heterocycles.